The number of hydrogen-bond acceptors (Lipinski definition) is 0. The zero-order valence-corrected chi connectivity index (χ0v) is 15.9. The molecule has 1 fully saturated rings. The third-order valence-corrected chi connectivity index (χ3v) is 5.76. The van der Waals surface area contributed by atoms with Gasteiger partial charge in [-0.05, 0) is 13.0 Å². The van der Waals surface area contributed by atoms with Gasteiger partial charge in [-0.15, -0.1) is 0 Å². The van der Waals surface area contributed by atoms with Crippen molar-refractivity contribution in [3.8, 4) is 0 Å². The molecule has 0 spiro atoms. The van der Waals surface area contributed by atoms with E-state index in [1.807, 2.05) is 6.07 Å². The molecule has 1 saturated heterocycles. The van der Waals surface area contributed by atoms with Gasteiger partial charge in [0.05, 0.1) is 31.2 Å². The van der Waals surface area contributed by atoms with Crippen molar-refractivity contribution in [2.24, 2.45) is 0 Å². The van der Waals surface area contributed by atoms with Crippen molar-refractivity contribution in [3.05, 3.63) is 71.3 Å². The van der Waals surface area contributed by atoms with Gasteiger partial charge < -0.3 is 9.80 Å². The summed E-state index contributed by atoms with van der Waals surface area (Å²) in [7, 11) is 0. The maximum atomic E-state index is 13.2. The van der Waals surface area contributed by atoms with Gasteiger partial charge in [0.2, 0.25) is 0 Å². The topological polar surface area (TPSA) is 8.88 Å². The zero-order chi connectivity index (χ0) is 19.3. The molecule has 2 aromatic rings. The van der Waals surface area contributed by atoms with Crippen LogP contribution >= 0.6 is 0 Å². The highest BCUT2D eigenvalue weighted by molar-refractivity contribution is 5.28. The summed E-state index contributed by atoms with van der Waals surface area (Å²) in [4.78, 5) is 2.84. The number of benzene rings is 2. The highest BCUT2D eigenvalue weighted by atomic mass is 19.4. The number of alkyl halides is 3. The Morgan fingerprint density at radius 3 is 2.22 bits per heavy atom. The van der Waals surface area contributed by atoms with Crippen LogP contribution in [0.3, 0.4) is 0 Å². The molecule has 3 rings (SSSR count). The lowest BCUT2D eigenvalue weighted by Crippen LogP contribution is -3.19. The molecule has 0 radical (unpaired) electrons. The second kappa shape index (κ2) is 8.89. The predicted molar refractivity (Wildman–Crippen MR) is 101 cm³/mol. The summed E-state index contributed by atoms with van der Waals surface area (Å²) in [5.41, 5.74) is 1.29. The number of quaternary nitrogens is 2. The summed E-state index contributed by atoms with van der Waals surface area (Å²) in [5.74, 6) is 0. The largest absolute Gasteiger partial charge is 0.416 e. The molecule has 0 bridgehead atoms. The van der Waals surface area contributed by atoms with E-state index in [9.17, 15) is 13.2 Å². The van der Waals surface area contributed by atoms with Crippen LogP contribution in [-0.2, 0) is 19.3 Å². The average molecular weight is 378 g/mol. The summed E-state index contributed by atoms with van der Waals surface area (Å²) in [6.45, 7) is 6.66. The molecule has 2 N–H and O–H groups in total. The maximum absolute atomic E-state index is 13.2. The quantitative estimate of drug-likeness (QED) is 0.764. The van der Waals surface area contributed by atoms with Crippen LogP contribution in [0.25, 0.3) is 0 Å². The van der Waals surface area contributed by atoms with Crippen molar-refractivity contribution in [2.45, 2.75) is 45.1 Å². The molecule has 1 atom stereocenters. The third-order valence-electron chi connectivity index (χ3n) is 5.76. The number of likely N-dealkylation sites (tertiary alicyclic amines) is 1. The zero-order valence-electron chi connectivity index (χ0n) is 15.9. The van der Waals surface area contributed by atoms with E-state index >= 15 is 0 Å². The summed E-state index contributed by atoms with van der Waals surface area (Å²) in [6, 6.07) is 17.1. The monoisotopic (exact) mass is 378 g/mol. The highest BCUT2D eigenvalue weighted by Gasteiger charge is 2.35. The van der Waals surface area contributed by atoms with Crippen LogP contribution in [0.5, 0.6) is 0 Å². The van der Waals surface area contributed by atoms with Crippen molar-refractivity contribution >= 4 is 0 Å². The summed E-state index contributed by atoms with van der Waals surface area (Å²) >= 11 is 0. The lowest BCUT2D eigenvalue weighted by atomic mass is 10.0. The molecular weight excluding hydrogens is 349 g/mol. The Morgan fingerprint density at radius 2 is 1.59 bits per heavy atom. The second-order valence-corrected chi connectivity index (χ2v) is 7.53. The van der Waals surface area contributed by atoms with E-state index in [0.29, 0.717) is 18.2 Å². The Bertz CT molecular complexity index is 707. The first kappa shape index (κ1) is 19.9. The van der Waals surface area contributed by atoms with Gasteiger partial charge >= 0.3 is 6.18 Å². The van der Waals surface area contributed by atoms with Crippen LogP contribution in [-0.4, -0.2) is 25.7 Å². The van der Waals surface area contributed by atoms with E-state index < -0.39 is 11.7 Å². The Balaban J connectivity index is 1.57. The molecular formula is C22H29F3N2+2. The average Bonchev–Trinajstić information content (AvgIpc) is 2.67. The van der Waals surface area contributed by atoms with Gasteiger partial charge in [0.25, 0.3) is 0 Å². The molecule has 2 aromatic carbocycles. The number of nitrogens with one attached hydrogen (secondary N) is 2. The minimum absolute atomic E-state index is 0.419. The fraction of sp³-hybridized carbons (Fsp3) is 0.455. The molecule has 0 aliphatic carbocycles. The molecule has 5 heteroatoms. The number of halogens is 3. The van der Waals surface area contributed by atoms with E-state index in [2.05, 4.69) is 31.2 Å². The summed E-state index contributed by atoms with van der Waals surface area (Å²) in [6.07, 6.45) is -2.13. The standard InChI is InChI=1S/C22H27F3N2/c1-2-27(16-18-8-4-3-5-9-18)20-12-14-26(15-13-20)17-19-10-6-7-11-21(19)22(23,24)25/h3-11,20H,2,12-17H2,1H3/p+2. The van der Waals surface area contributed by atoms with Crippen LogP contribution in [0, 0.1) is 0 Å². The van der Waals surface area contributed by atoms with E-state index in [1.54, 1.807) is 17.0 Å². The number of rotatable bonds is 6. The minimum Gasteiger partial charge on any atom is -0.331 e. The molecule has 1 heterocycles. The van der Waals surface area contributed by atoms with Gasteiger partial charge in [-0.3, -0.25) is 0 Å². The fourth-order valence-electron chi connectivity index (χ4n) is 4.25. The van der Waals surface area contributed by atoms with Gasteiger partial charge in [-0.1, -0.05) is 48.5 Å². The minimum atomic E-state index is -4.27. The van der Waals surface area contributed by atoms with Crippen molar-refractivity contribution in [2.75, 3.05) is 19.6 Å². The molecule has 1 unspecified atom stereocenters. The van der Waals surface area contributed by atoms with Crippen LogP contribution in [0.15, 0.2) is 54.6 Å². The van der Waals surface area contributed by atoms with Crippen LogP contribution < -0.4 is 9.80 Å². The van der Waals surface area contributed by atoms with Crippen LogP contribution in [0.1, 0.15) is 36.5 Å². The van der Waals surface area contributed by atoms with Gasteiger partial charge in [0.15, 0.2) is 0 Å². The van der Waals surface area contributed by atoms with Gasteiger partial charge in [-0.2, -0.15) is 13.2 Å². The molecule has 1 aliphatic rings. The first-order valence-electron chi connectivity index (χ1n) is 9.84. The lowest BCUT2D eigenvalue weighted by molar-refractivity contribution is -0.969. The van der Waals surface area contributed by atoms with Gasteiger partial charge in [0.1, 0.15) is 13.1 Å². The van der Waals surface area contributed by atoms with E-state index in [0.717, 1.165) is 39.0 Å². The summed E-state index contributed by atoms with van der Waals surface area (Å²) in [5, 5.41) is 0. The smallest absolute Gasteiger partial charge is 0.331 e. The molecule has 1 aliphatic heterocycles. The van der Waals surface area contributed by atoms with Crippen molar-refractivity contribution in [1.29, 1.82) is 0 Å². The third kappa shape index (κ3) is 5.33. The SMILES string of the molecule is CC[NH+](Cc1ccccc1)C1CC[NH+](Cc2ccccc2C(F)(F)F)CC1. The first-order chi connectivity index (χ1) is 13.0. The Morgan fingerprint density at radius 1 is 0.963 bits per heavy atom. The Kier molecular flexibility index (Phi) is 6.55. The summed E-state index contributed by atoms with van der Waals surface area (Å²) < 4.78 is 39.6. The maximum Gasteiger partial charge on any atom is 0.416 e. The van der Waals surface area contributed by atoms with Crippen molar-refractivity contribution in [3.63, 3.8) is 0 Å². The second-order valence-electron chi connectivity index (χ2n) is 7.53. The van der Waals surface area contributed by atoms with Gasteiger partial charge in [0, 0.05) is 24.0 Å². The Hall–Kier alpha value is -1.85. The molecule has 146 valence electrons. The van der Waals surface area contributed by atoms with Crippen molar-refractivity contribution in [1.82, 2.24) is 0 Å². The normalized spacial score (nSPS) is 21.8. The van der Waals surface area contributed by atoms with E-state index in [4.69, 9.17) is 0 Å². The van der Waals surface area contributed by atoms with E-state index in [-0.39, 0.29) is 0 Å². The molecule has 0 amide bonds. The molecule has 0 aromatic heterocycles. The first-order valence-corrected chi connectivity index (χ1v) is 9.84. The molecule has 2 nitrogen and oxygen atoms in total. The Labute approximate surface area is 159 Å². The van der Waals surface area contributed by atoms with Crippen LogP contribution in [0.2, 0.25) is 0 Å². The van der Waals surface area contributed by atoms with E-state index in [1.165, 1.54) is 22.6 Å². The van der Waals surface area contributed by atoms with Crippen molar-refractivity contribution < 1.29 is 23.0 Å². The van der Waals surface area contributed by atoms with Crippen LogP contribution in [0.4, 0.5) is 13.2 Å². The number of piperidine rings is 1. The molecule has 27 heavy (non-hydrogen) atoms. The number of hydrogen-bond donors (Lipinski definition) is 2. The molecule has 0 saturated carbocycles. The van der Waals surface area contributed by atoms with Gasteiger partial charge in [-0.25, -0.2) is 0 Å². The fourth-order valence-corrected chi connectivity index (χ4v) is 4.25. The highest BCUT2D eigenvalue weighted by Crippen LogP contribution is 2.31. The lowest BCUT2D eigenvalue weighted by Gasteiger charge is -2.34. The predicted octanol–water partition coefficient (Wildman–Crippen LogP) is 2.36.